The van der Waals surface area contributed by atoms with Gasteiger partial charge in [-0.15, -0.1) is 0 Å². The van der Waals surface area contributed by atoms with E-state index in [0.29, 0.717) is 55.2 Å². The Kier molecular flexibility index (Phi) is 7.01. The number of aromatic nitrogens is 3. The van der Waals surface area contributed by atoms with E-state index in [-0.39, 0.29) is 18.0 Å². The molecule has 0 unspecified atom stereocenters. The summed E-state index contributed by atoms with van der Waals surface area (Å²) in [7, 11) is 2.13. The number of hydrogen-bond acceptors (Lipinski definition) is 7. The zero-order chi connectivity index (χ0) is 28.1. The number of likely N-dealkylation sites (N-methyl/N-ethyl adjacent to an activating group) is 1. The van der Waals surface area contributed by atoms with Crippen molar-refractivity contribution in [2.45, 2.75) is 63.9 Å². The second-order valence-electron chi connectivity index (χ2n) is 11.5. The van der Waals surface area contributed by atoms with Crippen molar-refractivity contribution in [3.8, 4) is 6.01 Å². The smallest absolute Gasteiger partial charge is 0.318 e. The highest BCUT2D eigenvalue weighted by atomic mass is 35.5. The molecule has 7 rings (SSSR count). The van der Waals surface area contributed by atoms with E-state index >= 15 is 0 Å². The van der Waals surface area contributed by atoms with E-state index in [1.807, 2.05) is 18.2 Å². The number of nitrogens with zero attached hydrogens (tertiary/aromatic N) is 5. The average Bonchev–Trinajstić information content (AvgIpc) is 3.39. The van der Waals surface area contributed by atoms with Gasteiger partial charge in [0.05, 0.1) is 24.6 Å². The van der Waals surface area contributed by atoms with Gasteiger partial charge in [0, 0.05) is 52.8 Å². The van der Waals surface area contributed by atoms with Crippen molar-refractivity contribution in [2.75, 3.05) is 25.1 Å². The average molecular weight is 574 g/mol. The van der Waals surface area contributed by atoms with Crippen LogP contribution in [0.1, 0.15) is 53.8 Å². The Morgan fingerprint density at radius 3 is 2.78 bits per heavy atom. The Hall–Kier alpha value is -3.33. The van der Waals surface area contributed by atoms with Crippen LogP contribution in [0, 0.1) is 5.82 Å². The Morgan fingerprint density at radius 1 is 1.10 bits per heavy atom. The summed E-state index contributed by atoms with van der Waals surface area (Å²) in [6.45, 7) is 4.49. The monoisotopic (exact) mass is 573 g/mol. The molecule has 9 heteroatoms. The van der Waals surface area contributed by atoms with Crippen LogP contribution < -0.4 is 9.64 Å². The van der Waals surface area contributed by atoms with Crippen LogP contribution >= 0.6 is 11.6 Å². The van der Waals surface area contributed by atoms with Crippen LogP contribution in [0.25, 0.3) is 10.8 Å². The molecule has 0 radical (unpaired) electrons. The molecule has 3 aliphatic rings. The summed E-state index contributed by atoms with van der Waals surface area (Å²) < 4.78 is 27.6. The lowest BCUT2D eigenvalue weighted by Gasteiger charge is -2.38. The molecule has 0 saturated carbocycles. The fourth-order valence-electron chi connectivity index (χ4n) is 6.58. The van der Waals surface area contributed by atoms with E-state index < -0.39 is 0 Å². The zero-order valence-corrected chi connectivity index (χ0v) is 24.1. The van der Waals surface area contributed by atoms with Gasteiger partial charge in [0.2, 0.25) is 0 Å². The van der Waals surface area contributed by atoms with Gasteiger partial charge >= 0.3 is 6.01 Å². The molecule has 212 valence electrons. The molecule has 41 heavy (non-hydrogen) atoms. The number of hydrogen-bond donors (Lipinski definition) is 0. The first kappa shape index (κ1) is 26.6. The van der Waals surface area contributed by atoms with Crippen LogP contribution in [-0.2, 0) is 30.7 Å². The molecule has 1 fully saturated rings. The molecule has 3 atom stereocenters. The van der Waals surface area contributed by atoms with Crippen molar-refractivity contribution in [3.05, 3.63) is 87.6 Å². The summed E-state index contributed by atoms with van der Waals surface area (Å²) in [5, 5.41) is 2.79. The molecule has 0 spiro atoms. The van der Waals surface area contributed by atoms with Gasteiger partial charge in [0.25, 0.3) is 0 Å². The molecule has 2 aromatic carbocycles. The summed E-state index contributed by atoms with van der Waals surface area (Å²) in [6.07, 6.45) is 6.35. The zero-order valence-electron chi connectivity index (χ0n) is 23.3. The molecule has 1 saturated heterocycles. The van der Waals surface area contributed by atoms with Crippen LogP contribution in [0.15, 0.2) is 48.8 Å². The molecule has 0 amide bonds. The van der Waals surface area contributed by atoms with E-state index in [1.54, 1.807) is 6.20 Å². The Balaban J connectivity index is 1.27. The highest BCUT2D eigenvalue weighted by Crippen LogP contribution is 2.40. The van der Waals surface area contributed by atoms with Gasteiger partial charge in [-0.3, -0.25) is 4.98 Å². The van der Waals surface area contributed by atoms with Gasteiger partial charge in [-0.05, 0) is 62.4 Å². The van der Waals surface area contributed by atoms with Gasteiger partial charge in [-0.25, -0.2) is 4.39 Å². The van der Waals surface area contributed by atoms with Crippen molar-refractivity contribution < 1.29 is 13.9 Å². The quantitative estimate of drug-likeness (QED) is 0.288. The summed E-state index contributed by atoms with van der Waals surface area (Å²) in [4.78, 5) is 18.5. The fraction of sp³-hybridized carbons (Fsp3) is 0.406. The van der Waals surface area contributed by atoms with E-state index in [0.717, 1.165) is 51.9 Å². The summed E-state index contributed by atoms with van der Waals surface area (Å²) in [5.74, 6) is 0.473. The number of fused-ring (bicyclic) bond motifs is 3. The number of benzene rings is 2. The van der Waals surface area contributed by atoms with Crippen LogP contribution in [-0.4, -0.2) is 52.1 Å². The van der Waals surface area contributed by atoms with E-state index in [2.05, 4.69) is 47.0 Å². The van der Waals surface area contributed by atoms with Crippen molar-refractivity contribution in [1.82, 2.24) is 19.9 Å². The first-order valence-corrected chi connectivity index (χ1v) is 14.7. The SMILES string of the molecule is C[C@H]1Cc2cncc(F)c2CN1c1nc(OC[C@@H]2CCCN2C)nc2c1CO[C@H](c1cccc3cccc(Cl)c13)C2. The third-order valence-electron chi connectivity index (χ3n) is 8.91. The fourth-order valence-corrected chi connectivity index (χ4v) is 6.87. The van der Waals surface area contributed by atoms with E-state index in [9.17, 15) is 4.39 Å². The van der Waals surface area contributed by atoms with Crippen LogP contribution in [0.5, 0.6) is 6.01 Å². The second-order valence-corrected chi connectivity index (χ2v) is 11.9. The lowest BCUT2D eigenvalue weighted by Crippen LogP contribution is -2.41. The number of pyridine rings is 1. The number of halogens is 2. The highest BCUT2D eigenvalue weighted by molar-refractivity contribution is 6.35. The lowest BCUT2D eigenvalue weighted by atomic mass is 9.93. The Labute approximate surface area is 244 Å². The van der Waals surface area contributed by atoms with Gasteiger partial charge in [0.15, 0.2) is 0 Å². The topological polar surface area (TPSA) is 63.6 Å². The predicted molar refractivity (Wildman–Crippen MR) is 157 cm³/mol. The number of ether oxygens (including phenoxy) is 2. The molecule has 0 bridgehead atoms. The third kappa shape index (κ3) is 4.92. The van der Waals surface area contributed by atoms with Gasteiger partial charge in [-0.2, -0.15) is 9.97 Å². The molecule has 0 N–H and O–H groups in total. The largest absolute Gasteiger partial charge is 0.462 e. The summed E-state index contributed by atoms with van der Waals surface area (Å²) >= 11 is 6.67. The third-order valence-corrected chi connectivity index (χ3v) is 9.22. The highest BCUT2D eigenvalue weighted by Gasteiger charge is 2.34. The molecule has 5 heterocycles. The second kappa shape index (κ2) is 10.8. The minimum Gasteiger partial charge on any atom is -0.462 e. The van der Waals surface area contributed by atoms with Crippen molar-refractivity contribution >= 4 is 28.2 Å². The van der Waals surface area contributed by atoms with Gasteiger partial charge in [0.1, 0.15) is 18.2 Å². The van der Waals surface area contributed by atoms with Gasteiger partial charge < -0.3 is 19.3 Å². The van der Waals surface area contributed by atoms with Crippen LogP contribution in [0.4, 0.5) is 10.2 Å². The van der Waals surface area contributed by atoms with Gasteiger partial charge in [-0.1, -0.05) is 41.9 Å². The Bertz CT molecular complexity index is 1610. The minimum absolute atomic E-state index is 0.0912. The molecule has 2 aromatic heterocycles. The molecular weight excluding hydrogens is 541 g/mol. The molecule has 0 aliphatic carbocycles. The van der Waals surface area contributed by atoms with Crippen molar-refractivity contribution in [2.24, 2.45) is 0 Å². The van der Waals surface area contributed by atoms with E-state index in [1.165, 1.54) is 12.6 Å². The lowest BCUT2D eigenvalue weighted by molar-refractivity contribution is 0.0265. The number of rotatable bonds is 5. The van der Waals surface area contributed by atoms with E-state index in [4.69, 9.17) is 31.0 Å². The Morgan fingerprint density at radius 2 is 1.95 bits per heavy atom. The maximum absolute atomic E-state index is 14.8. The number of anilines is 1. The minimum atomic E-state index is -0.285. The standard InChI is InChI=1S/C32H33ClFN5O2/c1-19-12-21-14-35-15-27(34)24(21)16-39(19)31-25-18-40-29(23-9-3-6-20-7-4-10-26(33)30(20)23)13-28(25)36-32(37-31)41-17-22-8-5-11-38(22)2/h3-4,6-7,9-10,14-15,19,22,29H,5,8,11-13,16-18H2,1-2H3/t19-,22-,29-/m0/s1. The first-order valence-electron chi connectivity index (χ1n) is 14.4. The maximum Gasteiger partial charge on any atom is 0.318 e. The molecule has 4 aromatic rings. The predicted octanol–water partition coefficient (Wildman–Crippen LogP) is 6.06. The van der Waals surface area contributed by atoms with Crippen molar-refractivity contribution in [1.29, 1.82) is 0 Å². The van der Waals surface area contributed by atoms with Crippen molar-refractivity contribution in [3.63, 3.8) is 0 Å². The normalized spacial score (nSPS) is 22.5. The summed E-state index contributed by atoms with van der Waals surface area (Å²) in [6, 6.07) is 12.9. The molecular formula is C32H33ClFN5O2. The van der Waals surface area contributed by atoms with Crippen LogP contribution in [0.3, 0.4) is 0 Å². The first-order chi connectivity index (χ1) is 20.0. The molecule has 7 nitrogen and oxygen atoms in total. The number of likely N-dealkylation sites (tertiary alicyclic amines) is 1. The molecule has 3 aliphatic heterocycles. The maximum atomic E-state index is 14.8. The summed E-state index contributed by atoms with van der Waals surface area (Å²) in [5.41, 5.74) is 4.49. The van der Waals surface area contributed by atoms with Crippen LogP contribution in [0.2, 0.25) is 5.02 Å².